The van der Waals surface area contributed by atoms with Crippen molar-refractivity contribution in [3.63, 3.8) is 0 Å². The molecule has 4 aliphatic heterocycles. The Bertz CT molecular complexity index is 1600. The molecule has 1 aromatic rings. The Morgan fingerprint density at radius 2 is 1.60 bits per heavy atom. The quantitative estimate of drug-likeness (QED) is 0.237. The molecular weight excluding hydrogens is 778 g/mol. The van der Waals surface area contributed by atoms with Crippen molar-refractivity contribution in [3.8, 4) is 5.75 Å². The number of esters is 1. The van der Waals surface area contributed by atoms with E-state index in [0.717, 1.165) is 0 Å². The van der Waals surface area contributed by atoms with Gasteiger partial charge in [-0.3, -0.25) is 4.79 Å². The lowest BCUT2D eigenvalue weighted by atomic mass is 9.77. The standard InChI is InChI=1S/C44H73N3O13/c1-14-32-44(10,52)36(48)27(6)45-22-23(2)20-42(8,51)38(25(4)34(26(5)39(50)57-32)58-33-21-43(9,54-13)37(49)28(7)56-33)60-40-35-31(19-24(3)55-40)47(11)41(59-35)46-29-15-17-30(53-12)18-16-29/h15-18,23-28,31-38,40,45,48-49,51-52H,14,19-22H2,1-13H3/b46-41-/t23-,24-,25+,26-,27-,28+,31+,32-,33+,34+,35-,36-,37+,38-,40+,42-,43-,44-/m1/s1. The number of nitrogens with one attached hydrogen (secondary N) is 1. The molecule has 4 aliphatic rings. The first-order valence-electron chi connectivity index (χ1n) is 21.6. The number of cyclic esters (lactones) is 1. The Labute approximate surface area is 356 Å². The predicted molar refractivity (Wildman–Crippen MR) is 223 cm³/mol. The van der Waals surface area contributed by atoms with E-state index < -0.39 is 96.0 Å². The van der Waals surface area contributed by atoms with E-state index in [-0.39, 0.29) is 37.3 Å². The molecule has 4 fully saturated rings. The predicted octanol–water partition coefficient (Wildman–Crippen LogP) is 3.66. The van der Waals surface area contributed by atoms with Gasteiger partial charge in [0.05, 0.1) is 60.4 Å². The zero-order valence-corrected chi connectivity index (χ0v) is 37.9. The number of likely N-dealkylation sites (N-methyl/N-ethyl adjacent to an activating group) is 1. The van der Waals surface area contributed by atoms with Crippen LogP contribution in [0.4, 0.5) is 5.69 Å². The van der Waals surface area contributed by atoms with Gasteiger partial charge in [-0.05, 0) is 104 Å². The van der Waals surface area contributed by atoms with Crippen LogP contribution in [-0.2, 0) is 38.0 Å². The van der Waals surface area contributed by atoms with E-state index in [1.54, 1.807) is 48.7 Å². The Balaban J connectivity index is 1.56. The first kappa shape index (κ1) is 48.4. The molecule has 5 N–H and O–H groups in total. The molecule has 1 aromatic carbocycles. The van der Waals surface area contributed by atoms with Gasteiger partial charge in [-0.2, -0.15) is 4.99 Å². The van der Waals surface area contributed by atoms with Crippen LogP contribution in [0.1, 0.15) is 94.9 Å². The highest BCUT2D eigenvalue weighted by Crippen LogP contribution is 2.41. The first-order chi connectivity index (χ1) is 28.1. The van der Waals surface area contributed by atoms with Gasteiger partial charge in [0.25, 0.3) is 6.02 Å². The number of hydrogen-bond donors (Lipinski definition) is 5. The molecule has 0 unspecified atom stereocenters. The normalized spacial score (nSPS) is 45.5. The maximum absolute atomic E-state index is 14.4. The second-order valence-electron chi connectivity index (χ2n) is 18.5. The number of rotatable bonds is 8. The summed E-state index contributed by atoms with van der Waals surface area (Å²) >= 11 is 0. The van der Waals surface area contributed by atoms with Gasteiger partial charge in [0, 0.05) is 32.5 Å². The fraction of sp³-hybridized carbons (Fsp3) is 0.818. The van der Waals surface area contributed by atoms with E-state index in [4.69, 9.17) is 42.9 Å². The van der Waals surface area contributed by atoms with Crippen LogP contribution in [0.3, 0.4) is 0 Å². The number of aliphatic imine (C=N–C) groups is 1. The van der Waals surface area contributed by atoms with Crippen LogP contribution in [0, 0.1) is 17.8 Å². The van der Waals surface area contributed by atoms with Gasteiger partial charge < -0.3 is 68.5 Å². The molecule has 4 heterocycles. The molecule has 0 aliphatic carbocycles. The Kier molecular flexibility index (Phi) is 15.6. The van der Waals surface area contributed by atoms with E-state index in [1.165, 1.54) is 14.0 Å². The van der Waals surface area contributed by atoms with Gasteiger partial charge in [0.2, 0.25) is 0 Å². The van der Waals surface area contributed by atoms with Crippen molar-refractivity contribution in [2.24, 2.45) is 22.7 Å². The van der Waals surface area contributed by atoms with E-state index in [9.17, 15) is 25.2 Å². The highest BCUT2D eigenvalue weighted by atomic mass is 16.7. The van der Waals surface area contributed by atoms with Crippen molar-refractivity contribution in [1.29, 1.82) is 0 Å². The van der Waals surface area contributed by atoms with Crippen LogP contribution in [0.2, 0.25) is 0 Å². The monoisotopic (exact) mass is 852 g/mol. The third kappa shape index (κ3) is 10.4. The number of ether oxygens (including phenoxy) is 8. The topological polar surface area (TPSA) is 199 Å². The number of aliphatic hydroxyl groups is 4. The number of nitrogens with zero attached hydrogens (tertiary/aromatic N) is 2. The molecule has 4 saturated heterocycles. The minimum Gasteiger partial charge on any atom is -0.497 e. The minimum atomic E-state index is -1.81. The fourth-order valence-corrected chi connectivity index (χ4v) is 9.57. The lowest BCUT2D eigenvalue weighted by Gasteiger charge is -2.48. The Morgan fingerprint density at radius 1 is 0.933 bits per heavy atom. The number of amidine groups is 1. The smallest absolute Gasteiger partial charge is 0.311 e. The van der Waals surface area contributed by atoms with Crippen molar-refractivity contribution in [1.82, 2.24) is 10.2 Å². The number of hydrogen-bond acceptors (Lipinski definition) is 15. The summed E-state index contributed by atoms with van der Waals surface area (Å²) in [6.07, 6.45) is -7.68. The molecule has 60 heavy (non-hydrogen) atoms. The second-order valence-corrected chi connectivity index (χ2v) is 18.5. The molecular formula is C44H73N3O13. The molecule has 0 saturated carbocycles. The van der Waals surface area contributed by atoms with Crippen LogP contribution in [0.5, 0.6) is 5.75 Å². The fourth-order valence-electron chi connectivity index (χ4n) is 9.57. The van der Waals surface area contributed by atoms with Crippen molar-refractivity contribution in [3.05, 3.63) is 24.3 Å². The molecule has 0 radical (unpaired) electrons. The van der Waals surface area contributed by atoms with Crippen LogP contribution >= 0.6 is 0 Å². The van der Waals surface area contributed by atoms with E-state index in [2.05, 4.69) is 5.32 Å². The Morgan fingerprint density at radius 3 is 2.22 bits per heavy atom. The number of benzene rings is 1. The lowest BCUT2D eigenvalue weighted by molar-refractivity contribution is -0.313. The highest BCUT2D eigenvalue weighted by Gasteiger charge is 2.54. The summed E-state index contributed by atoms with van der Waals surface area (Å²) < 4.78 is 50.3. The van der Waals surface area contributed by atoms with Crippen LogP contribution in [0.25, 0.3) is 0 Å². The molecule has 0 aromatic heterocycles. The molecule has 0 spiro atoms. The van der Waals surface area contributed by atoms with E-state index in [0.29, 0.717) is 30.4 Å². The third-order valence-corrected chi connectivity index (χ3v) is 13.4. The number of methoxy groups -OCH3 is 2. The summed E-state index contributed by atoms with van der Waals surface area (Å²) in [5.74, 6) is -1.91. The van der Waals surface area contributed by atoms with Gasteiger partial charge >= 0.3 is 5.97 Å². The highest BCUT2D eigenvalue weighted by molar-refractivity contribution is 5.79. The summed E-state index contributed by atoms with van der Waals surface area (Å²) in [5, 5.41) is 50.2. The van der Waals surface area contributed by atoms with E-state index in [1.807, 2.05) is 57.0 Å². The number of aliphatic hydroxyl groups excluding tert-OH is 2. The second kappa shape index (κ2) is 19.4. The average molecular weight is 852 g/mol. The van der Waals surface area contributed by atoms with Crippen molar-refractivity contribution >= 4 is 17.7 Å². The largest absolute Gasteiger partial charge is 0.497 e. The maximum Gasteiger partial charge on any atom is 0.311 e. The molecule has 16 nitrogen and oxygen atoms in total. The first-order valence-corrected chi connectivity index (χ1v) is 21.6. The third-order valence-electron chi connectivity index (χ3n) is 13.4. The molecule has 18 atom stereocenters. The van der Waals surface area contributed by atoms with Crippen molar-refractivity contribution < 1.29 is 63.1 Å². The van der Waals surface area contributed by atoms with Gasteiger partial charge in [0.1, 0.15) is 29.7 Å². The van der Waals surface area contributed by atoms with Crippen LogP contribution in [0.15, 0.2) is 29.3 Å². The zero-order chi connectivity index (χ0) is 44.5. The molecule has 342 valence electrons. The SMILES string of the molecule is CC[C@H]1OC(=O)[C@H](C)[C@@H](O[C@H]2C[C@@](C)(OC)[C@@H](O)[C@H](C)O2)[C@H](C)[C@@H](O[C@@H]2O[C@H](C)C[C@H]3[C@H]2O/C(=N\c2ccc(OC)cc2)N3C)[C@](C)(O)C[C@@H](C)CN[C@H](C)[C@@H](O)[C@]1(C)O. The van der Waals surface area contributed by atoms with E-state index >= 15 is 0 Å². The van der Waals surface area contributed by atoms with Gasteiger partial charge in [-0.1, -0.05) is 20.8 Å². The summed E-state index contributed by atoms with van der Waals surface area (Å²) in [4.78, 5) is 21.1. The summed E-state index contributed by atoms with van der Waals surface area (Å²) in [5.41, 5.74) is -3.73. The Hall–Kier alpha value is -2.64. The van der Waals surface area contributed by atoms with Gasteiger partial charge in [0.15, 0.2) is 18.7 Å². The van der Waals surface area contributed by atoms with Crippen molar-refractivity contribution in [2.75, 3.05) is 27.8 Å². The van der Waals surface area contributed by atoms with Crippen LogP contribution in [-0.4, -0.2) is 155 Å². The van der Waals surface area contributed by atoms with Gasteiger partial charge in [-0.15, -0.1) is 0 Å². The number of fused-ring (bicyclic) bond motifs is 1. The summed E-state index contributed by atoms with van der Waals surface area (Å²) in [6, 6.07) is 6.96. The average Bonchev–Trinajstić information content (AvgIpc) is 3.51. The maximum atomic E-state index is 14.4. The zero-order valence-electron chi connectivity index (χ0n) is 37.9. The molecule has 16 heteroatoms. The van der Waals surface area contributed by atoms with Crippen LogP contribution < -0.4 is 10.1 Å². The summed E-state index contributed by atoms with van der Waals surface area (Å²) in [7, 11) is 5.04. The minimum absolute atomic E-state index is 0.129. The van der Waals surface area contributed by atoms with Crippen molar-refractivity contribution in [2.45, 2.75) is 185 Å². The molecule has 0 amide bonds. The molecule has 5 rings (SSSR count). The number of carbonyl (C=O) groups is 1. The lowest BCUT2D eigenvalue weighted by Crippen LogP contribution is -2.60. The van der Waals surface area contributed by atoms with Gasteiger partial charge in [-0.25, -0.2) is 0 Å². The molecule has 0 bridgehead atoms. The number of carbonyl (C=O) groups excluding carboxylic acids is 1. The summed E-state index contributed by atoms with van der Waals surface area (Å²) in [6.45, 7) is 18.1.